The zero-order valence-corrected chi connectivity index (χ0v) is 12.2. The first-order chi connectivity index (χ1) is 10.6. The predicted molar refractivity (Wildman–Crippen MR) is 84.4 cm³/mol. The Bertz CT molecular complexity index is 643. The van der Waals surface area contributed by atoms with Crippen molar-refractivity contribution in [3.05, 3.63) is 59.8 Å². The summed E-state index contributed by atoms with van der Waals surface area (Å²) >= 11 is 0. The molecule has 3 N–H and O–H groups in total. The molecule has 0 bridgehead atoms. The molecule has 1 saturated heterocycles. The van der Waals surface area contributed by atoms with Crippen LogP contribution in [0.1, 0.15) is 28.3 Å². The first-order valence-electron chi connectivity index (χ1n) is 7.39. The number of likely N-dealkylation sites (tertiary alicyclic amines) is 1. The number of hydrogen-bond donors (Lipinski definition) is 2. The average molecular weight is 297 g/mol. The van der Waals surface area contributed by atoms with Gasteiger partial charge in [-0.25, -0.2) is 4.98 Å². The summed E-state index contributed by atoms with van der Waals surface area (Å²) in [6, 6.07) is 13.2. The normalized spacial score (nSPS) is 21.6. The van der Waals surface area contributed by atoms with Gasteiger partial charge in [0.25, 0.3) is 5.91 Å². The maximum absolute atomic E-state index is 12.4. The van der Waals surface area contributed by atoms with Crippen LogP contribution < -0.4 is 5.73 Å². The van der Waals surface area contributed by atoms with E-state index in [0.717, 1.165) is 12.0 Å². The molecule has 1 fully saturated rings. The third-order valence-corrected chi connectivity index (χ3v) is 4.13. The fraction of sp³-hybridized carbons (Fsp3) is 0.294. The molecule has 2 atom stereocenters. The van der Waals surface area contributed by atoms with Gasteiger partial charge in [-0.15, -0.1) is 0 Å². The summed E-state index contributed by atoms with van der Waals surface area (Å²) in [5.74, 6) is 0.354. The number of rotatable bonds is 2. The Balaban J connectivity index is 1.69. The molecule has 3 rings (SSSR count). The van der Waals surface area contributed by atoms with Crippen LogP contribution in [0.3, 0.4) is 0 Å². The quantitative estimate of drug-likeness (QED) is 0.883. The largest absolute Gasteiger partial charge is 0.391 e. The Morgan fingerprint density at radius 3 is 2.64 bits per heavy atom. The topological polar surface area (TPSA) is 79.5 Å². The van der Waals surface area contributed by atoms with E-state index in [1.54, 1.807) is 17.0 Å². The number of aliphatic hydroxyl groups excluding tert-OH is 1. The van der Waals surface area contributed by atoms with Crippen LogP contribution in [0, 0.1) is 0 Å². The number of carbonyl (C=O) groups excluding carboxylic acids is 1. The van der Waals surface area contributed by atoms with Crippen LogP contribution in [0.4, 0.5) is 5.82 Å². The van der Waals surface area contributed by atoms with Gasteiger partial charge in [-0.2, -0.15) is 0 Å². The van der Waals surface area contributed by atoms with Gasteiger partial charge in [-0.3, -0.25) is 4.79 Å². The van der Waals surface area contributed by atoms with E-state index in [9.17, 15) is 9.90 Å². The van der Waals surface area contributed by atoms with Crippen LogP contribution >= 0.6 is 0 Å². The minimum Gasteiger partial charge on any atom is -0.391 e. The standard InChI is InChI=1S/C17H19N3O2/c18-16-7-6-13(10-19-16)17(22)20-9-8-14(15(21)11-20)12-4-2-1-3-5-12/h1-7,10,14-15,21H,8-9,11H2,(H2,18,19)/t14-,15+/m0/s1. The van der Waals surface area contributed by atoms with Gasteiger partial charge in [0.1, 0.15) is 5.82 Å². The van der Waals surface area contributed by atoms with Gasteiger partial charge >= 0.3 is 0 Å². The van der Waals surface area contributed by atoms with Crippen molar-refractivity contribution < 1.29 is 9.90 Å². The van der Waals surface area contributed by atoms with E-state index in [1.807, 2.05) is 30.3 Å². The minimum absolute atomic E-state index is 0.0785. The second-order valence-electron chi connectivity index (χ2n) is 5.60. The van der Waals surface area contributed by atoms with Gasteiger partial charge in [0.15, 0.2) is 0 Å². The molecule has 1 aromatic carbocycles. The second kappa shape index (κ2) is 6.15. The van der Waals surface area contributed by atoms with E-state index in [2.05, 4.69) is 4.98 Å². The number of anilines is 1. The molecule has 1 aromatic heterocycles. The lowest BCUT2D eigenvalue weighted by Gasteiger charge is -2.36. The first-order valence-corrected chi connectivity index (χ1v) is 7.39. The van der Waals surface area contributed by atoms with Gasteiger partial charge in [0.05, 0.1) is 11.7 Å². The first kappa shape index (κ1) is 14.5. The monoisotopic (exact) mass is 297 g/mol. The van der Waals surface area contributed by atoms with Gasteiger partial charge in [0.2, 0.25) is 0 Å². The van der Waals surface area contributed by atoms with E-state index < -0.39 is 6.10 Å². The van der Waals surface area contributed by atoms with Crippen molar-refractivity contribution in [1.82, 2.24) is 9.88 Å². The number of nitrogens with two attached hydrogens (primary N) is 1. The zero-order valence-electron chi connectivity index (χ0n) is 12.2. The minimum atomic E-state index is -0.554. The summed E-state index contributed by atoms with van der Waals surface area (Å²) in [5.41, 5.74) is 7.16. The molecule has 114 valence electrons. The Kier molecular flexibility index (Phi) is 4.06. The van der Waals surface area contributed by atoms with E-state index in [0.29, 0.717) is 24.5 Å². The van der Waals surface area contributed by atoms with Gasteiger partial charge in [-0.05, 0) is 24.1 Å². The molecule has 1 amide bonds. The van der Waals surface area contributed by atoms with Crippen molar-refractivity contribution in [3.63, 3.8) is 0 Å². The highest BCUT2D eigenvalue weighted by molar-refractivity contribution is 5.94. The lowest BCUT2D eigenvalue weighted by atomic mass is 9.87. The molecule has 5 heteroatoms. The third-order valence-electron chi connectivity index (χ3n) is 4.13. The maximum atomic E-state index is 12.4. The van der Waals surface area contributed by atoms with E-state index in [1.165, 1.54) is 6.20 Å². The van der Waals surface area contributed by atoms with Gasteiger partial charge < -0.3 is 15.7 Å². The van der Waals surface area contributed by atoms with Gasteiger partial charge in [-0.1, -0.05) is 30.3 Å². The molecule has 1 aliphatic heterocycles. The Labute approximate surface area is 129 Å². The molecule has 5 nitrogen and oxygen atoms in total. The molecule has 0 unspecified atom stereocenters. The number of nitrogens with zero attached hydrogens (tertiary/aromatic N) is 2. The SMILES string of the molecule is Nc1ccc(C(=O)N2CC[C@@H](c3ccccc3)[C@H](O)C2)cn1. The highest BCUT2D eigenvalue weighted by atomic mass is 16.3. The summed E-state index contributed by atoms with van der Waals surface area (Å²) in [4.78, 5) is 18.1. The lowest BCUT2D eigenvalue weighted by Crippen LogP contribution is -2.45. The lowest BCUT2D eigenvalue weighted by molar-refractivity contribution is 0.0381. The zero-order chi connectivity index (χ0) is 15.5. The van der Waals surface area contributed by atoms with Crippen molar-refractivity contribution in [3.8, 4) is 0 Å². The fourth-order valence-electron chi connectivity index (χ4n) is 2.92. The number of piperidine rings is 1. The molecular formula is C17H19N3O2. The van der Waals surface area contributed by atoms with Crippen molar-refractivity contribution in [1.29, 1.82) is 0 Å². The van der Waals surface area contributed by atoms with Crippen LogP contribution in [-0.2, 0) is 0 Å². The molecule has 0 spiro atoms. The molecule has 0 saturated carbocycles. The van der Waals surface area contributed by atoms with Crippen molar-refractivity contribution in [2.24, 2.45) is 0 Å². The molecule has 0 aliphatic carbocycles. The van der Waals surface area contributed by atoms with Crippen molar-refractivity contribution >= 4 is 11.7 Å². The number of amides is 1. The second-order valence-corrected chi connectivity index (χ2v) is 5.60. The van der Waals surface area contributed by atoms with Gasteiger partial charge in [0, 0.05) is 25.2 Å². The average Bonchev–Trinajstić information content (AvgIpc) is 2.55. The maximum Gasteiger partial charge on any atom is 0.255 e. The smallest absolute Gasteiger partial charge is 0.255 e. The van der Waals surface area contributed by atoms with E-state index >= 15 is 0 Å². The number of nitrogen functional groups attached to an aromatic ring is 1. The molecule has 2 aromatic rings. The fourth-order valence-corrected chi connectivity index (χ4v) is 2.92. The van der Waals surface area contributed by atoms with Crippen molar-refractivity contribution in [2.75, 3.05) is 18.8 Å². The summed E-state index contributed by atoms with van der Waals surface area (Å²) in [6.07, 6.45) is 1.67. The Morgan fingerprint density at radius 1 is 1.23 bits per heavy atom. The highest BCUT2D eigenvalue weighted by Crippen LogP contribution is 2.28. The summed E-state index contributed by atoms with van der Waals surface area (Å²) in [7, 11) is 0. The number of aromatic nitrogens is 1. The van der Waals surface area contributed by atoms with Crippen LogP contribution in [-0.4, -0.2) is 40.1 Å². The number of benzene rings is 1. The van der Waals surface area contributed by atoms with E-state index in [-0.39, 0.29) is 11.8 Å². The Morgan fingerprint density at radius 2 is 2.00 bits per heavy atom. The summed E-state index contributed by atoms with van der Waals surface area (Å²) < 4.78 is 0. The number of pyridine rings is 1. The molecule has 1 aliphatic rings. The number of hydrogen-bond acceptors (Lipinski definition) is 4. The number of β-amino-alcohol motifs (C(OH)–C–C–N with tert-alkyl or cyclic N) is 1. The van der Waals surface area contributed by atoms with Crippen molar-refractivity contribution in [2.45, 2.75) is 18.4 Å². The Hall–Kier alpha value is -2.40. The highest BCUT2D eigenvalue weighted by Gasteiger charge is 2.31. The third kappa shape index (κ3) is 2.94. The van der Waals surface area contributed by atoms with Crippen LogP contribution in [0.25, 0.3) is 0 Å². The summed E-state index contributed by atoms with van der Waals surface area (Å²) in [6.45, 7) is 0.961. The molecular weight excluding hydrogens is 278 g/mol. The van der Waals surface area contributed by atoms with Crippen LogP contribution in [0.15, 0.2) is 48.7 Å². The predicted octanol–water partition coefficient (Wildman–Crippen LogP) is 1.65. The summed E-state index contributed by atoms with van der Waals surface area (Å²) in [5, 5.41) is 10.4. The van der Waals surface area contributed by atoms with Crippen LogP contribution in [0.5, 0.6) is 0 Å². The number of aliphatic hydroxyl groups is 1. The van der Waals surface area contributed by atoms with E-state index in [4.69, 9.17) is 5.73 Å². The van der Waals surface area contributed by atoms with Crippen LogP contribution in [0.2, 0.25) is 0 Å². The molecule has 0 radical (unpaired) electrons. The molecule has 22 heavy (non-hydrogen) atoms. The number of carbonyl (C=O) groups is 1. The molecule has 2 heterocycles.